The highest BCUT2D eigenvalue weighted by Crippen LogP contribution is 2.28. The third-order valence-electron chi connectivity index (χ3n) is 5.62. The summed E-state index contributed by atoms with van der Waals surface area (Å²) in [7, 11) is 1.84. The van der Waals surface area contributed by atoms with E-state index in [0.717, 1.165) is 33.5 Å². The van der Waals surface area contributed by atoms with Gasteiger partial charge in [-0.25, -0.2) is 4.98 Å². The molecule has 0 spiro atoms. The summed E-state index contributed by atoms with van der Waals surface area (Å²) >= 11 is 12.2. The summed E-state index contributed by atoms with van der Waals surface area (Å²) in [6.45, 7) is 7.05. The fourth-order valence-electron chi connectivity index (χ4n) is 3.76. The number of halogens is 3. The average molecular weight is 496 g/mol. The molecular formula is C26H24Cl2FN5. The van der Waals surface area contributed by atoms with Crippen LogP contribution in [0.1, 0.15) is 22.4 Å². The van der Waals surface area contributed by atoms with Crippen LogP contribution in [-0.4, -0.2) is 14.1 Å². The van der Waals surface area contributed by atoms with Crippen LogP contribution in [0.5, 0.6) is 0 Å². The zero-order valence-corrected chi connectivity index (χ0v) is 20.4. The number of imidazole rings is 1. The first-order chi connectivity index (χ1) is 16.2. The van der Waals surface area contributed by atoms with Gasteiger partial charge in [0, 0.05) is 42.9 Å². The molecule has 5 nitrogen and oxygen atoms in total. The maximum Gasteiger partial charge on any atom is 0.213 e. The Morgan fingerprint density at radius 1 is 1.06 bits per heavy atom. The molecule has 4 rings (SSSR count). The summed E-state index contributed by atoms with van der Waals surface area (Å²) in [5.41, 5.74) is 6.31. The van der Waals surface area contributed by atoms with E-state index in [2.05, 4.69) is 16.9 Å². The third-order valence-corrected chi connectivity index (χ3v) is 6.36. The SMILES string of the molecule is C=C(NCc1ccc(Cl)c(Cl)c1)c1cc(Cn2ccn(C)c2=N)cc(-c2ccc(F)nc2C)c1. The number of rotatable bonds is 7. The van der Waals surface area contributed by atoms with Gasteiger partial charge in [-0.3, -0.25) is 5.41 Å². The Balaban J connectivity index is 1.68. The standard InChI is InChI=1S/C26H24Cl2FN5/c1-16(31-14-18-4-6-23(27)24(28)12-18)20-10-19(15-34-9-8-33(3)26(34)30)11-21(13-20)22-5-7-25(29)32-17(22)2/h4-13,30-31H,1,14-15H2,2-3H3. The van der Waals surface area contributed by atoms with Crippen molar-refractivity contribution in [3.8, 4) is 11.1 Å². The molecule has 4 aromatic rings. The van der Waals surface area contributed by atoms with Crippen LogP contribution in [0.2, 0.25) is 10.0 Å². The van der Waals surface area contributed by atoms with E-state index in [1.165, 1.54) is 6.07 Å². The number of nitrogens with one attached hydrogen (secondary N) is 2. The summed E-state index contributed by atoms with van der Waals surface area (Å²) in [5.74, 6) is -0.510. The van der Waals surface area contributed by atoms with Crippen molar-refractivity contribution >= 4 is 28.9 Å². The van der Waals surface area contributed by atoms with Gasteiger partial charge in [0.1, 0.15) is 0 Å². The number of aryl methyl sites for hydroxylation is 2. The molecule has 174 valence electrons. The lowest BCUT2D eigenvalue weighted by molar-refractivity contribution is 0.580. The summed E-state index contributed by atoms with van der Waals surface area (Å²) in [6, 6.07) is 14.7. The van der Waals surface area contributed by atoms with Crippen molar-refractivity contribution in [1.82, 2.24) is 19.4 Å². The number of pyridine rings is 1. The van der Waals surface area contributed by atoms with E-state index in [-0.39, 0.29) is 0 Å². The van der Waals surface area contributed by atoms with Crippen LogP contribution in [-0.2, 0) is 20.1 Å². The van der Waals surface area contributed by atoms with Gasteiger partial charge in [0.05, 0.1) is 16.6 Å². The van der Waals surface area contributed by atoms with Gasteiger partial charge in [-0.1, -0.05) is 35.8 Å². The predicted molar refractivity (Wildman–Crippen MR) is 135 cm³/mol. The Morgan fingerprint density at radius 2 is 1.85 bits per heavy atom. The molecule has 2 heterocycles. The van der Waals surface area contributed by atoms with E-state index >= 15 is 0 Å². The number of nitrogens with zero attached hydrogens (tertiary/aromatic N) is 3. The normalized spacial score (nSPS) is 11.0. The fourth-order valence-corrected chi connectivity index (χ4v) is 4.08. The van der Waals surface area contributed by atoms with E-state index in [0.29, 0.717) is 34.4 Å². The van der Waals surface area contributed by atoms with Crippen LogP contribution in [0.15, 0.2) is 67.5 Å². The minimum Gasteiger partial charge on any atom is -0.381 e. The lowest BCUT2D eigenvalue weighted by Crippen LogP contribution is -2.22. The van der Waals surface area contributed by atoms with Gasteiger partial charge in [-0.15, -0.1) is 0 Å². The smallest absolute Gasteiger partial charge is 0.213 e. The zero-order chi connectivity index (χ0) is 24.4. The first-order valence-corrected chi connectivity index (χ1v) is 11.4. The lowest BCUT2D eigenvalue weighted by atomic mass is 9.97. The quantitative estimate of drug-likeness (QED) is 0.312. The maximum absolute atomic E-state index is 13.6. The average Bonchev–Trinajstić information content (AvgIpc) is 3.11. The summed E-state index contributed by atoms with van der Waals surface area (Å²) in [5, 5.41) is 12.6. The van der Waals surface area contributed by atoms with Crippen molar-refractivity contribution in [2.24, 2.45) is 7.05 Å². The molecule has 34 heavy (non-hydrogen) atoms. The van der Waals surface area contributed by atoms with Gasteiger partial charge in [-0.2, -0.15) is 4.39 Å². The first kappa shape index (κ1) is 23.8. The molecule has 0 saturated heterocycles. The second-order valence-electron chi connectivity index (χ2n) is 8.13. The molecule has 0 unspecified atom stereocenters. The highest BCUT2D eigenvalue weighted by atomic mass is 35.5. The molecule has 8 heteroatoms. The van der Waals surface area contributed by atoms with Crippen LogP contribution in [0.4, 0.5) is 4.39 Å². The second-order valence-corrected chi connectivity index (χ2v) is 8.94. The summed E-state index contributed by atoms with van der Waals surface area (Å²) in [6.07, 6.45) is 3.72. The van der Waals surface area contributed by atoms with Crippen molar-refractivity contribution in [2.75, 3.05) is 0 Å². The molecule has 2 aromatic heterocycles. The highest BCUT2D eigenvalue weighted by molar-refractivity contribution is 6.42. The molecule has 2 N–H and O–H groups in total. The lowest BCUT2D eigenvalue weighted by Gasteiger charge is -2.15. The Bertz CT molecular complexity index is 1440. The molecular weight excluding hydrogens is 472 g/mol. The molecule has 0 fully saturated rings. The van der Waals surface area contributed by atoms with E-state index in [9.17, 15) is 4.39 Å². The molecule has 0 atom stereocenters. The van der Waals surface area contributed by atoms with Crippen molar-refractivity contribution in [1.29, 1.82) is 5.41 Å². The van der Waals surface area contributed by atoms with E-state index in [1.807, 2.05) is 54.3 Å². The maximum atomic E-state index is 13.6. The van der Waals surface area contributed by atoms with Gasteiger partial charge in [0.2, 0.25) is 11.6 Å². The minimum absolute atomic E-state index is 0.392. The Morgan fingerprint density at radius 3 is 2.53 bits per heavy atom. The summed E-state index contributed by atoms with van der Waals surface area (Å²) < 4.78 is 17.2. The molecule has 0 radical (unpaired) electrons. The first-order valence-electron chi connectivity index (χ1n) is 10.6. The van der Waals surface area contributed by atoms with Crippen LogP contribution in [0.25, 0.3) is 16.8 Å². The third kappa shape index (κ3) is 5.24. The van der Waals surface area contributed by atoms with Crippen molar-refractivity contribution in [3.63, 3.8) is 0 Å². The second kappa shape index (κ2) is 9.87. The fraction of sp³-hybridized carbons (Fsp3) is 0.154. The number of aromatic nitrogens is 3. The molecule has 0 amide bonds. The van der Waals surface area contributed by atoms with Crippen molar-refractivity contribution < 1.29 is 4.39 Å². The van der Waals surface area contributed by atoms with E-state index < -0.39 is 5.95 Å². The number of benzene rings is 2. The Hall–Kier alpha value is -3.35. The number of hydrogen-bond acceptors (Lipinski definition) is 3. The molecule has 0 aliphatic heterocycles. The number of hydrogen-bond donors (Lipinski definition) is 2. The highest BCUT2D eigenvalue weighted by Gasteiger charge is 2.11. The van der Waals surface area contributed by atoms with Gasteiger partial charge >= 0.3 is 0 Å². The van der Waals surface area contributed by atoms with Crippen LogP contribution in [0.3, 0.4) is 0 Å². The van der Waals surface area contributed by atoms with Gasteiger partial charge in [0.15, 0.2) is 0 Å². The van der Waals surface area contributed by atoms with Gasteiger partial charge < -0.3 is 14.5 Å². The monoisotopic (exact) mass is 495 g/mol. The molecule has 0 bridgehead atoms. The van der Waals surface area contributed by atoms with Crippen LogP contribution < -0.4 is 10.9 Å². The van der Waals surface area contributed by atoms with Crippen LogP contribution in [0, 0.1) is 18.3 Å². The van der Waals surface area contributed by atoms with Crippen molar-refractivity contribution in [3.05, 3.63) is 111 Å². The van der Waals surface area contributed by atoms with E-state index in [4.69, 9.17) is 28.6 Å². The molecule has 2 aromatic carbocycles. The molecule has 0 aliphatic carbocycles. The minimum atomic E-state index is -0.510. The largest absolute Gasteiger partial charge is 0.381 e. The van der Waals surface area contributed by atoms with Gasteiger partial charge in [-0.05, 0) is 71.6 Å². The Labute approximate surface area is 207 Å². The topological polar surface area (TPSA) is 58.6 Å². The van der Waals surface area contributed by atoms with Crippen molar-refractivity contribution in [2.45, 2.75) is 20.0 Å². The van der Waals surface area contributed by atoms with Crippen LogP contribution >= 0.6 is 23.2 Å². The molecule has 0 aliphatic rings. The van der Waals surface area contributed by atoms with Gasteiger partial charge in [0.25, 0.3) is 0 Å². The zero-order valence-electron chi connectivity index (χ0n) is 18.9. The summed E-state index contributed by atoms with van der Waals surface area (Å²) in [4.78, 5) is 3.98. The predicted octanol–water partition coefficient (Wildman–Crippen LogP) is 5.93. The Kier molecular flexibility index (Phi) is 6.91. The van der Waals surface area contributed by atoms with E-state index in [1.54, 1.807) is 23.6 Å². The molecule has 0 saturated carbocycles.